The summed E-state index contributed by atoms with van der Waals surface area (Å²) in [6.07, 6.45) is 6.02. The second-order valence-corrected chi connectivity index (χ2v) is 7.27. The maximum absolute atomic E-state index is 13.9. The first-order valence-corrected chi connectivity index (χ1v) is 8.59. The topological polar surface area (TPSA) is 0 Å². The smallest absolute Gasteiger partial charge is 0.130 e. The van der Waals surface area contributed by atoms with Crippen LogP contribution in [0.15, 0.2) is 24.3 Å². The van der Waals surface area contributed by atoms with Crippen molar-refractivity contribution in [1.82, 2.24) is 0 Å². The van der Waals surface area contributed by atoms with E-state index in [0.717, 1.165) is 23.8 Å². The van der Waals surface area contributed by atoms with Gasteiger partial charge in [0.2, 0.25) is 0 Å². The Labute approximate surface area is 130 Å². The predicted octanol–water partition coefficient (Wildman–Crippen LogP) is 5.78. The van der Waals surface area contributed by atoms with Crippen LogP contribution in [-0.4, -0.2) is 0 Å². The number of hydrogen-bond acceptors (Lipinski definition) is 1. The zero-order chi connectivity index (χ0) is 14.1. The summed E-state index contributed by atoms with van der Waals surface area (Å²) in [6.45, 7) is 0. The van der Waals surface area contributed by atoms with Crippen molar-refractivity contribution in [2.24, 2.45) is 0 Å². The maximum Gasteiger partial charge on any atom is 0.130 e. The summed E-state index contributed by atoms with van der Waals surface area (Å²) >= 11 is 5.32. The Morgan fingerprint density at radius 2 is 1.85 bits per heavy atom. The van der Waals surface area contributed by atoms with Crippen LogP contribution in [0.1, 0.15) is 45.0 Å². The molecular formula is C16H15BrF2S. The van der Waals surface area contributed by atoms with E-state index in [1.165, 1.54) is 41.8 Å². The minimum Gasteiger partial charge on any atom is -0.207 e. The molecule has 1 aliphatic rings. The van der Waals surface area contributed by atoms with Crippen molar-refractivity contribution < 1.29 is 8.78 Å². The number of rotatable bonds is 2. The fraction of sp³-hybridized carbons (Fsp3) is 0.375. The molecule has 0 amide bonds. The van der Waals surface area contributed by atoms with Crippen LogP contribution >= 0.6 is 27.3 Å². The monoisotopic (exact) mass is 356 g/mol. The van der Waals surface area contributed by atoms with Crippen LogP contribution in [0.4, 0.5) is 8.78 Å². The third kappa shape index (κ3) is 2.82. The molecule has 1 aromatic heterocycles. The fourth-order valence-corrected chi connectivity index (χ4v) is 4.71. The van der Waals surface area contributed by atoms with Gasteiger partial charge in [0.15, 0.2) is 0 Å². The quantitative estimate of drug-likeness (QED) is 0.472. The van der Waals surface area contributed by atoms with Crippen molar-refractivity contribution >= 4 is 27.3 Å². The molecule has 106 valence electrons. The number of thiophene rings is 1. The summed E-state index contributed by atoms with van der Waals surface area (Å²) in [4.78, 5) is 2.35. The minimum absolute atomic E-state index is 0.194. The SMILES string of the molecule is Fc1ccc(C(Br)c2cc3c(s2)CCCCC3)c(F)c1. The lowest BCUT2D eigenvalue weighted by atomic mass is 10.1. The number of alkyl halides is 1. The summed E-state index contributed by atoms with van der Waals surface area (Å²) in [5.74, 6) is -1.02. The van der Waals surface area contributed by atoms with Gasteiger partial charge in [-0.2, -0.15) is 0 Å². The van der Waals surface area contributed by atoms with Gasteiger partial charge >= 0.3 is 0 Å². The average Bonchev–Trinajstić information content (AvgIpc) is 2.69. The van der Waals surface area contributed by atoms with Gasteiger partial charge < -0.3 is 0 Å². The molecule has 4 heteroatoms. The van der Waals surface area contributed by atoms with Gasteiger partial charge in [-0.3, -0.25) is 0 Å². The standard InChI is InChI=1S/C16H15BrF2S/c17-16(12-7-6-11(18)9-13(12)19)15-8-10-4-2-1-3-5-14(10)20-15/h6-9,16H,1-5H2. The van der Waals surface area contributed by atoms with Gasteiger partial charge in [-0.05, 0) is 43.4 Å². The molecule has 0 saturated heterocycles. The third-order valence-corrected chi connectivity index (χ3v) is 6.34. The van der Waals surface area contributed by atoms with Crippen molar-refractivity contribution in [3.8, 4) is 0 Å². The highest BCUT2D eigenvalue weighted by atomic mass is 79.9. The molecule has 0 saturated carbocycles. The van der Waals surface area contributed by atoms with Crippen molar-refractivity contribution in [2.75, 3.05) is 0 Å². The van der Waals surface area contributed by atoms with Gasteiger partial charge in [-0.25, -0.2) is 8.78 Å². The number of hydrogen-bond donors (Lipinski definition) is 0. The first kappa shape index (κ1) is 14.2. The molecule has 0 aliphatic heterocycles. The molecule has 20 heavy (non-hydrogen) atoms. The lowest BCUT2D eigenvalue weighted by Crippen LogP contribution is -1.95. The second kappa shape index (κ2) is 5.94. The van der Waals surface area contributed by atoms with E-state index in [9.17, 15) is 8.78 Å². The Balaban J connectivity index is 1.92. The number of fused-ring (bicyclic) bond motifs is 1. The predicted molar refractivity (Wildman–Crippen MR) is 82.7 cm³/mol. The Bertz CT molecular complexity index is 597. The lowest BCUT2D eigenvalue weighted by Gasteiger charge is -2.09. The number of benzene rings is 1. The van der Waals surface area contributed by atoms with Crippen LogP contribution in [0.3, 0.4) is 0 Å². The first-order chi connectivity index (χ1) is 9.65. The first-order valence-electron chi connectivity index (χ1n) is 6.85. The van der Waals surface area contributed by atoms with E-state index < -0.39 is 11.6 Å². The molecule has 0 fully saturated rings. The van der Waals surface area contributed by atoms with Crippen LogP contribution in [0.2, 0.25) is 0 Å². The maximum atomic E-state index is 13.9. The molecule has 0 radical (unpaired) electrons. The van der Waals surface area contributed by atoms with Gasteiger partial charge in [-0.1, -0.05) is 28.4 Å². The summed E-state index contributed by atoms with van der Waals surface area (Å²) in [5, 5.41) is 0. The Morgan fingerprint density at radius 3 is 2.65 bits per heavy atom. The molecule has 1 heterocycles. The van der Waals surface area contributed by atoms with Crippen molar-refractivity contribution in [1.29, 1.82) is 0 Å². The zero-order valence-electron chi connectivity index (χ0n) is 11.0. The number of aryl methyl sites for hydroxylation is 2. The number of halogens is 3. The van der Waals surface area contributed by atoms with Crippen LogP contribution in [0, 0.1) is 11.6 Å². The van der Waals surface area contributed by atoms with E-state index in [4.69, 9.17) is 0 Å². The molecule has 0 nitrogen and oxygen atoms in total. The zero-order valence-corrected chi connectivity index (χ0v) is 13.4. The van der Waals surface area contributed by atoms with E-state index in [2.05, 4.69) is 22.0 Å². The van der Waals surface area contributed by atoms with Crippen molar-refractivity contribution in [3.05, 3.63) is 56.8 Å². The molecule has 0 N–H and O–H groups in total. The molecule has 1 aliphatic carbocycles. The normalized spacial score (nSPS) is 16.6. The van der Waals surface area contributed by atoms with Gasteiger partial charge in [-0.15, -0.1) is 11.3 Å². The highest BCUT2D eigenvalue weighted by Gasteiger charge is 2.20. The van der Waals surface area contributed by atoms with E-state index in [1.807, 2.05) is 0 Å². The summed E-state index contributed by atoms with van der Waals surface area (Å²) in [6, 6.07) is 5.97. The van der Waals surface area contributed by atoms with Crippen LogP contribution in [0.5, 0.6) is 0 Å². The lowest BCUT2D eigenvalue weighted by molar-refractivity contribution is 0.574. The van der Waals surface area contributed by atoms with E-state index in [-0.39, 0.29) is 4.83 Å². The van der Waals surface area contributed by atoms with Crippen molar-refractivity contribution in [2.45, 2.75) is 36.9 Å². The summed E-state index contributed by atoms with van der Waals surface area (Å²) in [7, 11) is 0. The molecule has 0 spiro atoms. The molecule has 0 bridgehead atoms. The van der Waals surface area contributed by atoms with E-state index in [0.29, 0.717) is 5.56 Å². The van der Waals surface area contributed by atoms with Gasteiger partial charge in [0.05, 0.1) is 4.83 Å². The minimum atomic E-state index is -0.534. The molecule has 3 rings (SSSR count). The summed E-state index contributed by atoms with van der Waals surface area (Å²) < 4.78 is 26.9. The van der Waals surface area contributed by atoms with E-state index in [1.54, 1.807) is 11.3 Å². The largest absolute Gasteiger partial charge is 0.207 e. The van der Waals surface area contributed by atoms with Gasteiger partial charge in [0.1, 0.15) is 11.6 Å². The van der Waals surface area contributed by atoms with Crippen molar-refractivity contribution in [3.63, 3.8) is 0 Å². The Hall–Kier alpha value is -0.740. The molecular weight excluding hydrogens is 342 g/mol. The van der Waals surface area contributed by atoms with Gasteiger partial charge in [0, 0.05) is 21.4 Å². The highest BCUT2D eigenvalue weighted by molar-refractivity contribution is 9.09. The van der Waals surface area contributed by atoms with Crippen LogP contribution < -0.4 is 0 Å². The second-order valence-electron chi connectivity index (χ2n) is 5.19. The van der Waals surface area contributed by atoms with Crippen LogP contribution in [0.25, 0.3) is 0 Å². The molecule has 2 aromatic rings. The fourth-order valence-electron chi connectivity index (χ4n) is 2.68. The molecule has 1 atom stereocenters. The van der Waals surface area contributed by atoms with Gasteiger partial charge in [0.25, 0.3) is 0 Å². The molecule has 1 unspecified atom stereocenters. The third-order valence-electron chi connectivity index (χ3n) is 3.75. The summed E-state index contributed by atoms with van der Waals surface area (Å²) in [5.41, 5.74) is 1.91. The Morgan fingerprint density at radius 1 is 1.05 bits per heavy atom. The highest BCUT2D eigenvalue weighted by Crippen LogP contribution is 2.40. The molecule has 1 aromatic carbocycles. The average molecular weight is 357 g/mol. The Kier molecular flexibility index (Phi) is 4.22. The van der Waals surface area contributed by atoms with Crippen LogP contribution in [-0.2, 0) is 12.8 Å². The van der Waals surface area contributed by atoms with E-state index >= 15 is 0 Å².